The van der Waals surface area contributed by atoms with Crippen LogP contribution in [0.2, 0.25) is 0 Å². The van der Waals surface area contributed by atoms with Crippen molar-refractivity contribution in [3.63, 3.8) is 0 Å². The Kier molecular flexibility index (Phi) is 3.57. The van der Waals surface area contributed by atoms with Crippen LogP contribution in [0.5, 0.6) is 17.2 Å². The third kappa shape index (κ3) is 2.48. The van der Waals surface area contributed by atoms with Gasteiger partial charge in [0, 0.05) is 5.19 Å². The molecule has 0 saturated heterocycles. The molecule has 2 aromatic carbocycles. The Hall–Kier alpha value is -1.94. The molecule has 0 aliphatic heterocycles. The van der Waals surface area contributed by atoms with Crippen molar-refractivity contribution in [3.8, 4) is 17.2 Å². The molecule has 18 heavy (non-hydrogen) atoms. The lowest BCUT2D eigenvalue weighted by molar-refractivity contribution is 0.441. The zero-order valence-corrected chi connectivity index (χ0v) is 11.9. The van der Waals surface area contributed by atoms with Gasteiger partial charge in [0.15, 0.2) is 5.75 Å². The molecule has 0 amide bonds. The van der Waals surface area contributed by atoms with Crippen molar-refractivity contribution in [2.45, 2.75) is 13.8 Å². The van der Waals surface area contributed by atoms with Gasteiger partial charge in [-0.2, -0.15) is 0 Å². The van der Waals surface area contributed by atoms with E-state index in [1.54, 1.807) is 18.2 Å². The summed E-state index contributed by atoms with van der Waals surface area (Å²) in [4.78, 5) is 0. The number of aromatic hydroxyl groups is 2. The average molecular weight is 260 g/mol. The summed E-state index contributed by atoms with van der Waals surface area (Å²) in [6.07, 6.45) is 0. The highest BCUT2D eigenvalue weighted by Crippen LogP contribution is 2.31. The maximum atomic E-state index is 9.80. The summed E-state index contributed by atoms with van der Waals surface area (Å²) < 4.78 is 5.74. The molecular weight excluding hydrogens is 244 g/mol. The quantitative estimate of drug-likeness (QED) is 0.822. The summed E-state index contributed by atoms with van der Waals surface area (Å²) >= 11 is 0. The van der Waals surface area contributed by atoms with Crippen LogP contribution in [0.25, 0.3) is 0 Å². The molecule has 0 saturated carbocycles. The largest absolute Gasteiger partial charge is 0.542 e. The van der Waals surface area contributed by atoms with E-state index in [1.165, 1.54) is 0 Å². The maximum Gasteiger partial charge on any atom is 0.255 e. The van der Waals surface area contributed by atoms with E-state index >= 15 is 0 Å². The molecule has 0 aliphatic rings. The molecule has 0 fully saturated rings. The molecule has 2 aromatic rings. The van der Waals surface area contributed by atoms with E-state index in [0.717, 1.165) is 16.3 Å². The minimum atomic E-state index is -1.11. The predicted molar refractivity (Wildman–Crippen MR) is 74.5 cm³/mol. The third-order valence-electron chi connectivity index (χ3n) is 3.02. The maximum absolute atomic E-state index is 9.80. The molecule has 3 nitrogen and oxygen atoms in total. The zero-order chi connectivity index (χ0) is 13.1. The second-order valence-electron chi connectivity index (χ2n) is 4.27. The van der Waals surface area contributed by atoms with Crippen LogP contribution in [0.1, 0.15) is 11.1 Å². The van der Waals surface area contributed by atoms with Gasteiger partial charge < -0.3 is 14.6 Å². The number of phenols is 2. The Labute approximate surface area is 109 Å². The van der Waals surface area contributed by atoms with Crippen molar-refractivity contribution in [2.75, 3.05) is 0 Å². The molecular formula is C14H16O3Si. The number of aryl methyl sites for hydroxylation is 1. The van der Waals surface area contributed by atoms with E-state index in [1.807, 2.05) is 32.0 Å². The topological polar surface area (TPSA) is 49.7 Å². The van der Waals surface area contributed by atoms with Crippen LogP contribution in [-0.2, 0) is 0 Å². The van der Waals surface area contributed by atoms with Crippen LogP contribution >= 0.6 is 0 Å². The van der Waals surface area contributed by atoms with E-state index in [9.17, 15) is 10.2 Å². The van der Waals surface area contributed by atoms with Crippen LogP contribution in [0.15, 0.2) is 36.4 Å². The summed E-state index contributed by atoms with van der Waals surface area (Å²) in [6.45, 7) is 3.90. The highest BCUT2D eigenvalue weighted by molar-refractivity contribution is 6.49. The monoisotopic (exact) mass is 260 g/mol. The molecule has 0 aromatic heterocycles. The smallest absolute Gasteiger partial charge is 0.255 e. The number of phenolic OH excluding ortho intramolecular Hbond substituents is 2. The van der Waals surface area contributed by atoms with Gasteiger partial charge in [-0.3, -0.25) is 0 Å². The lowest BCUT2D eigenvalue weighted by Crippen LogP contribution is -2.20. The van der Waals surface area contributed by atoms with Crippen molar-refractivity contribution in [2.24, 2.45) is 0 Å². The van der Waals surface area contributed by atoms with Crippen molar-refractivity contribution >= 4 is 14.9 Å². The molecule has 4 heteroatoms. The average Bonchev–Trinajstić information content (AvgIpc) is 2.36. The Bertz CT molecular complexity index is 567. The Morgan fingerprint density at radius 2 is 1.67 bits per heavy atom. The van der Waals surface area contributed by atoms with E-state index in [4.69, 9.17) is 4.43 Å². The highest BCUT2D eigenvalue weighted by atomic mass is 28.2. The van der Waals surface area contributed by atoms with Crippen molar-refractivity contribution in [1.82, 2.24) is 0 Å². The van der Waals surface area contributed by atoms with Gasteiger partial charge in [0.2, 0.25) is 0 Å². The van der Waals surface area contributed by atoms with Crippen LogP contribution < -0.4 is 9.61 Å². The summed E-state index contributed by atoms with van der Waals surface area (Å²) in [7, 11) is -1.11. The molecule has 0 unspecified atom stereocenters. The van der Waals surface area contributed by atoms with E-state index in [-0.39, 0.29) is 11.5 Å². The van der Waals surface area contributed by atoms with Gasteiger partial charge in [-0.15, -0.1) is 0 Å². The summed E-state index contributed by atoms with van der Waals surface area (Å²) in [5, 5.41) is 20.3. The fourth-order valence-electron chi connectivity index (χ4n) is 1.74. The van der Waals surface area contributed by atoms with Crippen molar-refractivity contribution in [3.05, 3.63) is 47.5 Å². The van der Waals surface area contributed by atoms with Crippen LogP contribution in [0.3, 0.4) is 0 Å². The molecule has 0 spiro atoms. The van der Waals surface area contributed by atoms with Crippen molar-refractivity contribution < 1.29 is 14.6 Å². The minimum Gasteiger partial charge on any atom is -0.542 e. The SMILES string of the molecule is Cc1ccc(O)c(O[SiH2]c2ccccc2O)c1C. The fraction of sp³-hybridized carbons (Fsp3) is 0.143. The first-order chi connectivity index (χ1) is 8.59. The van der Waals surface area contributed by atoms with Crippen LogP contribution in [0.4, 0.5) is 0 Å². The number of hydrogen-bond acceptors (Lipinski definition) is 3. The molecule has 0 atom stereocenters. The number of para-hydroxylation sites is 1. The fourth-order valence-corrected chi connectivity index (χ4v) is 2.90. The molecule has 0 bridgehead atoms. The van der Waals surface area contributed by atoms with Gasteiger partial charge in [-0.05, 0) is 37.1 Å². The third-order valence-corrected chi connectivity index (χ3v) is 4.36. The van der Waals surface area contributed by atoms with Crippen LogP contribution in [0, 0.1) is 13.8 Å². The second kappa shape index (κ2) is 5.14. The van der Waals surface area contributed by atoms with Gasteiger partial charge in [-0.1, -0.05) is 24.3 Å². The highest BCUT2D eigenvalue weighted by Gasteiger charge is 2.10. The lowest BCUT2D eigenvalue weighted by atomic mass is 10.1. The number of rotatable bonds is 3. The first-order valence-corrected chi connectivity index (χ1v) is 7.07. The summed E-state index contributed by atoms with van der Waals surface area (Å²) in [5.74, 6) is 0.944. The van der Waals surface area contributed by atoms with Gasteiger partial charge >= 0.3 is 0 Å². The Balaban J connectivity index is 2.21. The lowest BCUT2D eigenvalue weighted by Gasteiger charge is -2.13. The molecule has 0 aliphatic carbocycles. The standard InChI is InChI=1S/C14H16O3Si/c1-9-7-8-12(16)14(10(9)2)17-18-13-6-4-3-5-11(13)15/h3-8,15-16H,18H2,1-2H3. The summed E-state index contributed by atoms with van der Waals surface area (Å²) in [5.41, 5.74) is 2.02. The van der Waals surface area contributed by atoms with E-state index in [2.05, 4.69) is 0 Å². The van der Waals surface area contributed by atoms with Crippen molar-refractivity contribution in [1.29, 1.82) is 0 Å². The van der Waals surface area contributed by atoms with Gasteiger partial charge in [0.05, 0.1) is 0 Å². The molecule has 0 heterocycles. The van der Waals surface area contributed by atoms with Gasteiger partial charge in [0.1, 0.15) is 11.5 Å². The number of benzene rings is 2. The molecule has 0 radical (unpaired) electrons. The molecule has 2 rings (SSSR count). The van der Waals surface area contributed by atoms with Crippen LogP contribution in [-0.4, -0.2) is 20.0 Å². The molecule has 2 N–H and O–H groups in total. The normalized spacial score (nSPS) is 11.0. The van der Waals surface area contributed by atoms with Gasteiger partial charge in [-0.25, -0.2) is 0 Å². The Morgan fingerprint density at radius 1 is 0.944 bits per heavy atom. The van der Waals surface area contributed by atoms with E-state index in [0.29, 0.717) is 5.75 Å². The first kappa shape index (κ1) is 12.5. The number of hydrogen-bond donors (Lipinski definition) is 2. The molecule has 94 valence electrons. The second-order valence-corrected chi connectivity index (χ2v) is 5.61. The summed E-state index contributed by atoms with van der Waals surface area (Å²) in [6, 6.07) is 10.6. The first-order valence-electron chi connectivity index (χ1n) is 5.78. The van der Waals surface area contributed by atoms with Gasteiger partial charge in [0.25, 0.3) is 9.76 Å². The van der Waals surface area contributed by atoms with E-state index < -0.39 is 9.76 Å². The zero-order valence-electron chi connectivity index (χ0n) is 10.5. The predicted octanol–water partition coefficient (Wildman–Crippen LogP) is 1.50. The Morgan fingerprint density at radius 3 is 2.39 bits per heavy atom. The minimum absolute atomic E-state index is 0.154.